The second kappa shape index (κ2) is 5.25. The van der Waals surface area contributed by atoms with Crippen molar-refractivity contribution in [3.8, 4) is 0 Å². The number of amides is 2. The molecular weight excluding hydrogens is 317 g/mol. The van der Waals surface area contributed by atoms with E-state index in [-0.39, 0.29) is 24.8 Å². The van der Waals surface area contributed by atoms with Gasteiger partial charge in [0.05, 0.1) is 0 Å². The fraction of sp³-hybridized carbons (Fsp3) is 0.857. The van der Waals surface area contributed by atoms with Crippen molar-refractivity contribution < 1.29 is 33.0 Å². The number of nitrogens with zero attached hydrogens (tertiary/aromatic N) is 1. The number of likely N-dealkylation sites (tertiary alicyclic amines) is 1. The number of alkyl halides is 3. The van der Waals surface area contributed by atoms with Gasteiger partial charge >= 0.3 is 12.3 Å². The van der Waals surface area contributed by atoms with E-state index in [1.807, 2.05) is 0 Å². The Morgan fingerprint density at radius 1 is 1.26 bits per heavy atom. The molecule has 2 aliphatic carbocycles. The molecule has 0 spiro atoms. The van der Waals surface area contributed by atoms with Gasteiger partial charge in [-0.05, 0) is 38.0 Å². The minimum Gasteiger partial charge on any atom is -0.465 e. The lowest BCUT2D eigenvalue weighted by Crippen LogP contribution is -2.56. The first-order valence-electron chi connectivity index (χ1n) is 7.73. The quantitative estimate of drug-likeness (QED) is 0.712. The molecule has 23 heavy (non-hydrogen) atoms. The van der Waals surface area contributed by atoms with Crippen LogP contribution in [0.15, 0.2) is 0 Å². The Morgan fingerprint density at radius 2 is 1.96 bits per heavy atom. The van der Waals surface area contributed by atoms with Gasteiger partial charge in [-0.1, -0.05) is 0 Å². The minimum atomic E-state index is -4.74. The van der Waals surface area contributed by atoms with Gasteiger partial charge in [0.2, 0.25) is 5.91 Å². The molecule has 3 fully saturated rings. The van der Waals surface area contributed by atoms with E-state index in [9.17, 15) is 33.0 Å². The summed E-state index contributed by atoms with van der Waals surface area (Å²) in [7, 11) is 0. The van der Waals surface area contributed by atoms with E-state index in [4.69, 9.17) is 0 Å². The second-order valence-electron chi connectivity index (χ2n) is 6.84. The first kappa shape index (κ1) is 16.4. The Bertz CT molecular complexity index is 527. The molecule has 1 aliphatic heterocycles. The number of hydrogen-bond acceptors (Lipinski definition) is 3. The van der Waals surface area contributed by atoms with Crippen LogP contribution in [0.5, 0.6) is 0 Å². The highest BCUT2D eigenvalue weighted by molar-refractivity contribution is 5.86. The highest BCUT2D eigenvalue weighted by Crippen LogP contribution is 2.48. The van der Waals surface area contributed by atoms with Gasteiger partial charge in [0, 0.05) is 18.5 Å². The van der Waals surface area contributed by atoms with Crippen LogP contribution in [-0.4, -0.2) is 57.0 Å². The molecule has 9 heteroatoms. The van der Waals surface area contributed by atoms with Crippen molar-refractivity contribution in [2.75, 3.05) is 0 Å². The Hall–Kier alpha value is -1.51. The number of carboxylic acid groups (broad SMARTS) is 1. The minimum absolute atomic E-state index is 0.137. The molecule has 0 radical (unpaired) electrons. The van der Waals surface area contributed by atoms with E-state index in [0.717, 1.165) is 11.3 Å². The van der Waals surface area contributed by atoms with Gasteiger partial charge in [-0.2, -0.15) is 13.2 Å². The third-order valence-corrected chi connectivity index (χ3v) is 5.23. The lowest BCUT2D eigenvalue weighted by atomic mass is 9.81. The number of nitrogens with one attached hydrogen (secondary N) is 1. The number of hydrogen-bond donors (Lipinski definition) is 3. The highest BCUT2D eigenvalue weighted by atomic mass is 19.4. The maximum Gasteiger partial charge on any atom is 0.417 e. The van der Waals surface area contributed by atoms with E-state index in [1.165, 1.54) is 0 Å². The molecule has 3 rings (SSSR count). The molecule has 1 saturated heterocycles. The number of halogens is 3. The van der Waals surface area contributed by atoms with Crippen LogP contribution in [0, 0.1) is 5.92 Å². The van der Waals surface area contributed by atoms with Crippen LogP contribution in [0.25, 0.3) is 0 Å². The normalized spacial score (nSPS) is 39.7. The zero-order chi connectivity index (χ0) is 17.0. The van der Waals surface area contributed by atoms with Gasteiger partial charge < -0.3 is 15.5 Å². The molecule has 6 nitrogen and oxygen atoms in total. The van der Waals surface area contributed by atoms with Crippen molar-refractivity contribution in [3.63, 3.8) is 0 Å². The SMILES string of the molecule is O=C(NC1CCCC(O)(C(F)(F)F)C1)[C@@H]1C[C@H]2C[C@H]2N1C(=O)O. The lowest BCUT2D eigenvalue weighted by molar-refractivity contribution is -0.271. The zero-order valence-corrected chi connectivity index (χ0v) is 12.3. The van der Waals surface area contributed by atoms with Crippen LogP contribution in [0.4, 0.5) is 18.0 Å². The highest BCUT2D eigenvalue weighted by Gasteiger charge is 2.58. The molecule has 3 aliphatic rings. The van der Waals surface area contributed by atoms with E-state index in [2.05, 4.69) is 5.32 Å². The van der Waals surface area contributed by atoms with Crippen molar-refractivity contribution in [3.05, 3.63) is 0 Å². The predicted octanol–water partition coefficient (Wildman–Crippen LogP) is 1.48. The average Bonchev–Trinajstić information content (AvgIpc) is 3.07. The summed E-state index contributed by atoms with van der Waals surface area (Å²) in [5.41, 5.74) is -2.78. The molecule has 1 heterocycles. The molecule has 3 N–H and O–H groups in total. The van der Waals surface area contributed by atoms with Crippen molar-refractivity contribution in [2.24, 2.45) is 5.92 Å². The summed E-state index contributed by atoms with van der Waals surface area (Å²) in [5, 5.41) is 21.5. The predicted molar refractivity (Wildman–Crippen MR) is 71.6 cm³/mol. The van der Waals surface area contributed by atoms with E-state index < -0.39 is 42.3 Å². The van der Waals surface area contributed by atoms with E-state index in [1.54, 1.807) is 0 Å². The molecule has 2 amide bonds. The van der Waals surface area contributed by atoms with E-state index in [0.29, 0.717) is 12.8 Å². The Labute approximate surface area is 130 Å². The molecule has 0 aromatic rings. The van der Waals surface area contributed by atoms with Crippen LogP contribution in [0.3, 0.4) is 0 Å². The van der Waals surface area contributed by atoms with Gasteiger partial charge in [-0.3, -0.25) is 9.69 Å². The van der Waals surface area contributed by atoms with Gasteiger partial charge in [-0.15, -0.1) is 0 Å². The summed E-state index contributed by atoms with van der Waals surface area (Å²) in [5.74, 6) is -0.378. The van der Waals surface area contributed by atoms with Crippen LogP contribution in [0.1, 0.15) is 38.5 Å². The van der Waals surface area contributed by atoms with Gasteiger partial charge in [0.1, 0.15) is 6.04 Å². The van der Waals surface area contributed by atoms with Crippen molar-refractivity contribution >= 4 is 12.0 Å². The summed E-state index contributed by atoms with van der Waals surface area (Å²) in [4.78, 5) is 24.6. The Balaban J connectivity index is 1.63. The van der Waals surface area contributed by atoms with Crippen LogP contribution in [-0.2, 0) is 4.79 Å². The van der Waals surface area contributed by atoms with Gasteiger partial charge in [-0.25, -0.2) is 4.79 Å². The van der Waals surface area contributed by atoms with E-state index >= 15 is 0 Å². The summed E-state index contributed by atoms with van der Waals surface area (Å²) in [6.07, 6.45) is -5.22. The molecule has 2 saturated carbocycles. The maximum atomic E-state index is 12.9. The van der Waals surface area contributed by atoms with Crippen LogP contribution < -0.4 is 5.32 Å². The Morgan fingerprint density at radius 3 is 2.57 bits per heavy atom. The van der Waals surface area contributed by atoms with Gasteiger partial charge in [0.15, 0.2) is 5.60 Å². The number of carbonyl (C=O) groups is 2. The van der Waals surface area contributed by atoms with Crippen molar-refractivity contribution in [1.82, 2.24) is 10.2 Å². The van der Waals surface area contributed by atoms with Crippen molar-refractivity contribution in [1.29, 1.82) is 0 Å². The summed E-state index contributed by atoms with van der Waals surface area (Å²) >= 11 is 0. The fourth-order valence-corrected chi connectivity index (χ4v) is 3.90. The lowest BCUT2D eigenvalue weighted by Gasteiger charge is -2.38. The first-order chi connectivity index (χ1) is 10.6. The molecular formula is C14H19F3N2O4. The zero-order valence-electron chi connectivity index (χ0n) is 12.3. The summed E-state index contributed by atoms with van der Waals surface area (Å²) < 4.78 is 38.7. The number of fused-ring (bicyclic) bond motifs is 1. The summed E-state index contributed by atoms with van der Waals surface area (Å²) in [6, 6.07) is -1.77. The van der Waals surface area contributed by atoms with Gasteiger partial charge in [0.25, 0.3) is 0 Å². The third kappa shape index (κ3) is 2.86. The number of piperidine rings is 1. The topological polar surface area (TPSA) is 89.9 Å². The molecule has 5 atom stereocenters. The van der Waals surface area contributed by atoms with Crippen molar-refractivity contribution in [2.45, 2.75) is 68.4 Å². The van der Waals surface area contributed by atoms with Crippen LogP contribution in [0.2, 0.25) is 0 Å². The fourth-order valence-electron chi connectivity index (χ4n) is 3.90. The smallest absolute Gasteiger partial charge is 0.417 e. The second-order valence-corrected chi connectivity index (χ2v) is 6.84. The standard InChI is InChI=1S/C14H19F3N2O4/c15-14(16,17)13(23)3-1-2-8(6-13)18-11(20)10-5-7-4-9(7)19(10)12(21)22/h7-10,23H,1-6H2,(H,18,20)(H,21,22)/t7-,8?,9-,10+,13?/m1/s1. The third-order valence-electron chi connectivity index (χ3n) is 5.23. The largest absolute Gasteiger partial charge is 0.465 e. The summed E-state index contributed by atoms with van der Waals surface area (Å²) in [6.45, 7) is 0. The molecule has 0 bridgehead atoms. The Kier molecular flexibility index (Phi) is 3.74. The molecule has 0 aromatic heterocycles. The average molecular weight is 336 g/mol. The maximum absolute atomic E-state index is 12.9. The molecule has 0 aromatic carbocycles. The first-order valence-corrected chi connectivity index (χ1v) is 7.73. The monoisotopic (exact) mass is 336 g/mol. The molecule has 130 valence electrons. The number of rotatable bonds is 2. The van der Waals surface area contributed by atoms with Crippen LogP contribution >= 0.6 is 0 Å². The number of aliphatic hydroxyl groups is 1. The number of carbonyl (C=O) groups excluding carboxylic acids is 1. The molecule has 2 unspecified atom stereocenters.